The Morgan fingerprint density at radius 3 is 2.25 bits per heavy atom. The summed E-state index contributed by atoms with van der Waals surface area (Å²) in [7, 11) is 0. The van der Waals surface area contributed by atoms with Crippen LogP contribution in [0.3, 0.4) is 0 Å². The summed E-state index contributed by atoms with van der Waals surface area (Å²) in [6.45, 7) is 10.1. The molecule has 0 aliphatic rings. The monoisotopic (exact) mass is 229 g/mol. The maximum absolute atomic E-state index is 11.3. The van der Waals surface area contributed by atoms with Gasteiger partial charge in [0.1, 0.15) is 5.54 Å². The van der Waals surface area contributed by atoms with Crippen molar-refractivity contribution in [3.05, 3.63) is 0 Å². The van der Waals surface area contributed by atoms with Gasteiger partial charge in [0, 0.05) is 6.04 Å². The zero-order valence-corrected chi connectivity index (χ0v) is 11.3. The quantitative estimate of drug-likeness (QED) is 0.672. The molecule has 0 saturated carbocycles. The van der Waals surface area contributed by atoms with Crippen LogP contribution in [-0.4, -0.2) is 22.7 Å². The minimum Gasteiger partial charge on any atom is -0.480 e. The van der Waals surface area contributed by atoms with E-state index >= 15 is 0 Å². The molecule has 0 aromatic heterocycles. The van der Waals surface area contributed by atoms with Gasteiger partial charge in [0.05, 0.1) is 0 Å². The fourth-order valence-corrected chi connectivity index (χ4v) is 2.20. The first-order valence-corrected chi connectivity index (χ1v) is 6.36. The summed E-state index contributed by atoms with van der Waals surface area (Å²) in [5.74, 6) is -0.358. The summed E-state index contributed by atoms with van der Waals surface area (Å²) < 4.78 is 0. The van der Waals surface area contributed by atoms with Crippen molar-refractivity contribution in [3.63, 3.8) is 0 Å². The molecule has 2 N–H and O–H groups in total. The first-order chi connectivity index (χ1) is 7.35. The highest BCUT2D eigenvalue weighted by molar-refractivity contribution is 5.78. The topological polar surface area (TPSA) is 49.3 Å². The van der Waals surface area contributed by atoms with E-state index in [4.69, 9.17) is 0 Å². The van der Waals surface area contributed by atoms with Crippen LogP contribution in [-0.2, 0) is 4.79 Å². The van der Waals surface area contributed by atoms with Crippen molar-refractivity contribution in [1.82, 2.24) is 5.32 Å². The Kier molecular flexibility index (Phi) is 6.65. The van der Waals surface area contributed by atoms with Crippen LogP contribution in [0.1, 0.15) is 60.3 Å². The van der Waals surface area contributed by atoms with Crippen molar-refractivity contribution in [2.75, 3.05) is 0 Å². The standard InChI is InChI=1S/C13H27NO2/c1-6-8-11(7-2)14-13(5,12(15)16)9-10(3)4/h10-11,14H,6-9H2,1-5H3,(H,15,16). The molecular formula is C13H27NO2. The second-order valence-electron chi connectivity index (χ2n) is 5.27. The molecule has 0 aliphatic carbocycles. The second-order valence-corrected chi connectivity index (χ2v) is 5.27. The van der Waals surface area contributed by atoms with Gasteiger partial charge in [-0.25, -0.2) is 0 Å². The lowest BCUT2D eigenvalue weighted by Gasteiger charge is -2.32. The van der Waals surface area contributed by atoms with Crippen LogP contribution >= 0.6 is 0 Å². The van der Waals surface area contributed by atoms with Crippen molar-refractivity contribution in [2.24, 2.45) is 5.92 Å². The zero-order valence-electron chi connectivity index (χ0n) is 11.3. The van der Waals surface area contributed by atoms with E-state index in [1.807, 2.05) is 0 Å². The van der Waals surface area contributed by atoms with E-state index < -0.39 is 11.5 Å². The largest absolute Gasteiger partial charge is 0.480 e. The molecular weight excluding hydrogens is 202 g/mol. The first kappa shape index (κ1) is 15.4. The number of hydrogen-bond donors (Lipinski definition) is 2. The summed E-state index contributed by atoms with van der Waals surface area (Å²) in [6.07, 6.45) is 3.78. The third-order valence-electron chi connectivity index (χ3n) is 2.94. The molecule has 16 heavy (non-hydrogen) atoms. The average Bonchev–Trinajstić information content (AvgIpc) is 2.15. The minimum atomic E-state index is -0.788. The second kappa shape index (κ2) is 6.89. The van der Waals surface area contributed by atoms with Gasteiger partial charge in [0.2, 0.25) is 0 Å². The molecule has 0 fully saturated rings. The first-order valence-electron chi connectivity index (χ1n) is 6.36. The van der Waals surface area contributed by atoms with E-state index in [1.165, 1.54) is 0 Å². The molecule has 0 rings (SSSR count). The van der Waals surface area contributed by atoms with Gasteiger partial charge >= 0.3 is 5.97 Å². The van der Waals surface area contributed by atoms with Gasteiger partial charge in [-0.05, 0) is 32.1 Å². The number of carboxylic acids is 1. The Labute approximate surface area is 99.6 Å². The molecule has 0 aliphatic heterocycles. The maximum atomic E-state index is 11.3. The highest BCUT2D eigenvalue weighted by Gasteiger charge is 2.35. The molecule has 0 bridgehead atoms. The number of nitrogens with one attached hydrogen (secondary N) is 1. The fraction of sp³-hybridized carbons (Fsp3) is 0.923. The fourth-order valence-electron chi connectivity index (χ4n) is 2.20. The van der Waals surface area contributed by atoms with Crippen molar-refractivity contribution in [1.29, 1.82) is 0 Å². The lowest BCUT2D eigenvalue weighted by molar-refractivity contribution is -0.145. The third-order valence-corrected chi connectivity index (χ3v) is 2.94. The summed E-state index contributed by atoms with van der Waals surface area (Å²) in [6, 6.07) is 0.310. The van der Waals surface area contributed by atoms with Gasteiger partial charge in [0.15, 0.2) is 0 Å². The van der Waals surface area contributed by atoms with Gasteiger partial charge in [-0.3, -0.25) is 10.1 Å². The maximum Gasteiger partial charge on any atom is 0.323 e. The van der Waals surface area contributed by atoms with E-state index in [2.05, 4.69) is 33.0 Å². The van der Waals surface area contributed by atoms with Crippen molar-refractivity contribution < 1.29 is 9.90 Å². The number of hydrogen-bond acceptors (Lipinski definition) is 2. The van der Waals surface area contributed by atoms with Gasteiger partial charge < -0.3 is 5.11 Å². The highest BCUT2D eigenvalue weighted by atomic mass is 16.4. The Hall–Kier alpha value is -0.570. The zero-order chi connectivity index (χ0) is 12.8. The molecule has 0 amide bonds. The van der Waals surface area contributed by atoms with Gasteiger partial charge in [0.25, 0.3) is 0 Å². The number of carbonyl (C=O) groups is 1. The molecule has 2 unspecified atom stereocenters. The van der Waals surface area contributed by atoms with Crippen molar-refractivity contribution in [2.45, 2.75) is 71.9 Å². The molecule has 3 nitrogen and oxygen atoms in total. The summed E-state index contributed by atoms with van der Waals surface area (Å²) >= 11 is 0. The molecule has 0 spiro atoms. The van der Waals surface area contributed by atoms with Crippen molar-refractivity contribution >= 4 is 5.97 Å². The molecule has 0 aromatic rings. The van der Waals surface area contributed by atoms with Gasteiger partial charge in [-0.15, -0.1) is 0 Å². The van der Waals surface area contributed by atoms with Crippen molar-refractivity contribution in [3.8, 4) is 0 Å². The van der Waals surface area contributed by atoms with Crippen LogP contribution < -0.4 is 5.32 Å². The van der Waals surface area contributed by atoms with Crippen LogP contribution in [0.5, 0.6) is 0 Å². The molecule has 96 valence electrons. The predicted octanol–water partition coefficient (Wildman–Crippen LogP) is 3.04. The Morgan fingerprint density at radius 1 is 1.38 bits per heavy atom. The number of carboxylic acid groups (broad SMARTS) is 1. The van der Waals surface area contributed by atoms with Gasteiger partial charge in [-0.1, -0.05) is 34.1 Å². The van der Waals surface area contributed by atoms with E-state index in [1.54, 1.807) is 6.92 Å². The average molecular weight is 229 g/mol. The molecule has 2 atom stereocenters. The molecule has 0 radical (unpaired) electrons. The summed E-state index contributed by atoms with van der Waals surface area (Å²) in [5, 5.41) is 12.6. The summed E-state index contributed by atoms with van der Waals surface area (Å²) in [4.78, 5) is 11.3. The number of aliphatic carboxylic acids is 1. The van der Waals surface area contributed by atoms with E-state index in [0.717, 1.165) is 19.3 Å². The van der Waals surface area contributed by atoms with Crippen LogP contribution in [0.2, 0.25) is 0 Å². The predicted molar refractivity (Wildman–Crippen MR) is 67.6 cm³/mol. The lowest BCUT2D eigenvalue weighted by atomic mass is 9.89. The van der Waals surface area contributed by atoms with E-state index in [0.29, 0.717) is 18.4 Å². The Bertz CT molecular complexity index is 216. The van der Waals surface area contributed by atoms with E-state index in [-0.39, 0.29) is 0 Å². The van der Waals surface area contributed by atoms with Gasteiger partial charge in [-0.2, -0.15) is 0 Å². The van der Waals surface area contributed by atoms with Crippen LogP contribution in [0.4, 0.5) is 0 Å². The summed E-state index contributed by atoms with van der Waals surface area (Å²) in [5.41, 5.74) is -0.788. The molecule has 0 heterocycles. The normalized spacial score (nSPS) is 17.1. The third kappa shape index (κ3) is 4.97. The van der Waals surface area contributed by atoms with E-state index in [9.17, 15) is 9.90 Å². The smallest absolute Gasteiger partial charge is 0.323 e. The molecule has 0 saturated heterocycles. The molecule has 0 aromatic carbocycles. The Balaban J connectivity index is 4.58. The SMILES string of the molecule is CCCC(CC)NC(C)(CC(C)C)C(=O)O. The Morgan fingerprint density at radius 2 is 1.94 bits per heavy atom. The minimum absolute atomic E-state index is 0.310. The number of rotatable bonds is 8. The highest BCUT2D eigenvalue weighted by Crippen LogP contribution is 2.19. The lowest BCUT2D eigenvalue weighted by Crippen LogP contribution is -2.54. The van der Waals surface area contributed by atoms with Crippen LogP contribution in [0.15, 0.2) is 0 Å². The van der Waals surface area contributed by atoms with Crippen LogP contribution in [0, 0.1) is 5.92 Å². The van der Waals surface area contributed by atoms with Crippen LogP contribution in [0.25, 0.3) is 0 Å². The molecule has 3 heteroatoms.